The van der Waals surface area contributed by atoms with E-state index < -0.39 is 0 Å². The molecule has 0 saturated carbocycles. The summed E-state index contributed by atoms with van der Waals surface area (Å²) in [6.45, 7) is 0. The Hall–Kier alpha value is -0.520. The van der Waals surface area contributed by atoms with Crippen LogP contribution in [0.15, 0.2) is 24.3 Å². The summed E-state index contributed by atoms with van der Waals surface area (Å²) in [5, 5.41) is 0. The van der Waals surface area contributed by atoms with Crippen LogP contribution in [0.4, 0.5) is 0 Å². The maximum atomic E-state index is 2.30. The van der Waals surface area contributed by atoms with Crippen molar-refractivity contribution in [1.82, 2.24) is 0 Å². The molecule has 7 heavy (non-hydrogen) atoms. The molecule has 0 heteroatoms. The highest BCUT2D eigenvalue weighted by Gasteiger charge is 2.32. The molecule has 0 nitrogen and oxygen atoms in total. The summed E-state index contributed by atoms with van der Waals surface area (Å²) >= 11 is 0. The van der Waals surface area contributed by atoms with E-state index in [0.717, 1.165) is 0 Å². The molecule has 1 spiro atoms. The Morgan fingerprint density at radius 1 is 1.14 bits per heavy atom. The lowest BCUT2D eigenvalue weighted by molar-refractivity contribution is 0.696. The standard InChI is InChI=1S/C7H8/c1-2-4-7(3-1)5-6-7/h1,3,5-6H,2,4H2. The van der Waals surface area contributed by atoms with Crippen LogP contribution in [0.3, 0.4) is 0 Å². The van der Waals surface area contributed by atoms with Crippen molar-refractivity contribution in [1.29, 1.82) is 0 Å². The van der Waals surface area contributed by atoms with Crippen LogP contribution in [0.1, 0.15) is 12.8 Å². The Kier molecular flexibility index (Phi) is 0.415. The topological polar surface area (TPSA) is 0 Å². The molecule has 0 radical (unpaired) electrons. The summed E-state index contributed by atoms with van der Waals surface area (Å²) in [6, 6.07) is 0. The van der Waals surface area contributed by atoms with Gasteiger partial charge in [-0.05, 0) is 12.8 Å². The average Bonchev–Trinajstić information content (AvgIpc) is 2.15. The Labute approximate surface area is 43.5 Å². The van der Waals surface area contributed by atoms with Gasteiger partial charge in [0.25, 0.3) is 0 Å². The molecule has 0 aromatic heterocycles. The van der Waals surface area contributed by atoms with Crippen molar-refractivity contribution in [2.45, 2.75) is 12.8 Å². The second kappa shape index (κ2) is 0.835. The van der Waals surface area contributed by atoms with E-state index in [4.69, 9.17) is 0 Å². The second-order valence-electron chi connectivity index (χ2n) is 2.39. The molecule has 0 fully saturated rings. The van der Waals surface area contributed by atoms with Crippen LogP contribution in [-0.2, 0) is 0 Å². The summed E-state index contributed by atoms with van der Waals surface area (Å²) < 4.78 is 0. The molecule has 0 atom stereocenters. The van der Waals surface area contributed by atoms with Gasteiger partial charge in [-0.1, -0.05) is 24.3 Å². The second-order valence-corrected chi connectivity index (χ2v) is 2.39. The van der Waals surface area contributed by atoms with Crippen LogP contribution in [-0.4, -0.2) is 0 Å². The Bertz CT molecular complexity index is 134. The van der Waals surface area contributed by atoms with Crippen LogP contribution in [0.25, 0.3) is 0 Å². The minimum absolute atomic E-state index is 0.514. The highest BCUT2D eigenvalue weighted by atomic mass is 14.4. The van der Waals surface area contributed by atoms with Crippen molar-refractivity contribution < 1.29 is 0 Å². The molecule has 0 unspecified atom stereocenters. The molecule has 0 aromatic rings. The maximum Gasteiger partial charge on any atom is 0.0245 e. The zero-order valence-electron chi connectivity index (χ0n) is 4.22. The molecular weight excluding hydrogens is 84.1 g/mol. The highest BCUT2D eigenvalue weighted by Crippen LogP contribution is 2.44. The van der Waals surface area contributed by atoms with Gasteiger partial charge in [0.1, 0.15) is 0 Å². The Morgan fingerprint density at radius 2 is 2.00 bits per heavy atom. The number of hydrogen-bond donors (Lipinski definition) is 0. The van der Waals surface area contributed by atoms with Gasteiger partial charge in [-0.3, -0.25) is 0 Å². The number of hydrogen-bond acceptors (Lipinski definition) is 0. The molecule has 0 saturated heterocycles. The molecule has 2 rings (SSSR count). The number of rotatable bonds is 0. The van der Waals surface area contributed by atoms with Crippen molar-refractivity contribution >= 4 is 0 Å². The van der Waals surface area contributed by atoms with Crippen molar-refractivity contribution in [2.24, 2.45) is 5.41 Å². The third kappa shape index (κ3) is 0.365. The van der Waals surface area contributed by atoms with Crippen molar-refractivity contribution in [3.05, 3.63) is 24.3 Å². The largest absolute Gasteiger partial charge is 0.0873 e. The molecule has 0 N–H and O–H groups in total. The summed E-state index contributed by atoms with van der Waals surface area (Å²) in [4.78, 5) is 0. The zero-order valence-corrected chi connectivity index (χ0v) is 4.22. The predicted molar refractivity (Wildman–Crippen MR) is 29.9 cm³/mol. The van der Waals surface area contributed by atoms with Gasteiger partial charge in [0.2, 0.25) is 0 Å². The normalized spacial score (nSPS) is 29.7. The average molecular weight is 92.1 g/mol. The van der Waals surface area contributed by atoms with Gasteiger partial charge in [0.15, 0.2) is 0 Å². The third-order valence-electron chi connectivity index (χ3n) is 1.77. The van der Waals surface area contributed by atoms with E-state index in [0.29, 0.717) is 5.41 Å². The molecule has 36 valence electrons. The monoisotopic (exact) mass is 92.1 g/mol. The van der Waals surface area contributed by atoms with Crippen molar-refractivity contribution in [3.8, 4) is 0 Å². The van der Waals surface area contributed by atoms with Crippen LogP contribution in [0.5, 0.6) is 0 Å². The molecule has 0 bridgehead atoms. The van der Waals surface area contributed by atoms with Gasteiger partial charge in [-0.25, -0.2) is 0 Å². The summed E-state index contributed by atoms with van der Waals surface area (Å²) in [5.41, 5.74) is 0.514. The minimum atomic E-state index is 0.514. The van der Waals surface area contributed by atoms with Gasteiger partial charge in [-0.2, -0.15) is 0 Å². The van der Waals surface area contributed by atoms with E-state index in [-0.39, 0.29) is 0 Å². The summed E-state index contributed by atoms with van der Waals surface area (Å²) in [5.74, 6) is 0. The van der Waals surface area contributed by atoms with Crippen LogP contribution >= 0.6 is 0 Å². The number of allylic oxidation sites excluding steroid dienone is 4. The van der Waals surface area contributed by atoms with E-state index in [9.17, 15) is 0 Å². The maximum absolute atomic E-state index is 2.30. The fourth-order valence-electron chi connectivity index (χ4n) is 1.10. The lowest BCUT2D eigenvalue weighted by atomic mass is 10.1. The van der Waals surface area contributed by atoms with Gasteiger partial charge < -0.3 is 0 Å². The SMILES string of the molecule is C1=CC2(C=C2)CC1. The Morgan fingerprint density at radius 3 is 2.29 bits per heavy atom. The lowest BCUT2D eigenvalue weighted by Crippen LogP contribution is -1.88. The highest BCUT2D eigenvalue weighted by molar-refractivity contribution is 5.36. The van der Waals surface area contributed by atoms with E-state index in [1.807, 2.05) is 0 Å². The van der Waals surface area contributed by atoms with Crippen molar-refractivity contribution in [3.63, 3.8) is 0 Å². The van der Waals surface area contributed by atoms with Crippen LogP contribution < -0.4 is 0 Å². The van der Waals surface area contributed by atoms with Crippen LogP contribution in [0, 0.1) is 5.41 Å². The first-order valence-corrected chi connectivity index (χ1v) is 2.79. The molecule has 2 aliphatic rings. The van der Waals surface area contributed by atoms with Crippen molar-refractivity contribution in [2.75, 3.05) is 0 Å². The molecule has 0 heterocycles. The van der Waals surface area contributed by atoms with E-state index in [1.54, 1.807) is 0 Å². The first-order valence-electron chi connectivity index (χ1n) is 2.79. The van der Waals surface area contributed by atoms with E-state index in [1.165, 1.54) is 12.8 Å². The van der Waals surface area contributed by atoms with Gasteiger partial charge in [-0.15, -0.1) is 0 Å². The summed E-state index contributed by atoms with van der Waals surface area (Å²) in [6.07, 6.45) is 11.7. The van der Waals surface area contributed by atoms with E-state index in [2.05, 4.69) is 24.3 Å². The molecular formula is C7H8. The third-order valence-corrected chi connectivity index (χ3v) is 1.77. The minimum Gasteiger partial charge on any atom is -0.0873 e. The lowest BCUT2D eigenvalue weighted by Gasteiger charge is -1.97. The van der Waals surface area contributed by atoms with Gasteiger partial charge in [0, 0.05) is 5.41 Å². The summed E-state index contributed by atoms with van der Waals surface area (Å²) in [7, 11) is 0. The first-order chi connectivity index (χ1) is 3.41. The van der Waals surface area contributed by atoms with E-state index >= 15 is 0 Å². The first kappa shape index (κ1) is 3.48. The molecule has 2 aliphatic carbocycles. The zero-order chi connectivity index (χ0) is 4.74. The quantitative estimate of drug-likeness (QED) is 0.400. The molecule has 0 aromatic carbocycles. The Balaban J connectivity index is 2.24. The molecule has 0 aliphatic heterocycles. The predicted octanol–water partition coefficient (Wildman–Crippen LogP) is 1.89. The van der Waals surface area contributed by atoms with Gasteiger partial charge in [0.05, 0.1) is 0 Å². The van der Waals surface area contributed by atoms with Crippen LogP contribution in [0.2, 0.25) is 0 Å². The smallest absolute Gasteiger partial charge is 0.0245 e. The fraction of sp³-hybridized carbons (Fsp3) is 0.429. The molecule has 0 amide bonds. The fourth-order valence-corrected chi connectivity index (χ4v) is 1.10. The van der Waals surface area contributed by atoms with Gasteiger partial charge >= 0.3 is 0 Å².